The Morgan fingerprint density at radius 3 is 2.16 bits per heavy atom. The minimum atomic E-state index is -0.201. The average molecular weight is 509 g/mol. The lowest BCUT2D eigenvalue weighted by molar-refractivity contribution is 0.0984. The number of piperidine rings is 1. The van der Waals surface area contributed by atoms with Crippen LogP contribution in [-0.4, -0.2) is 45.4 Å². The third kappa shape index (κ3) is 6.36. The number of hydrogen-bond acceptors (Lipinski definition) is 6. The first-order chi connectivity index (χ1) is 18.4. The highest BCUT2D eigenvalue weighted by molar-refractivity contribution is 5.98. The Labute approximate surface area is 222 Å². The second-order valence-electron chi connectivity index (χ2n) is 9.90. The van der Waals surface area contributed by atoms with E-state index in [1.54, 1.807) is 6.20 Å². The quantitative estimate of drug-likeness (QED) is 0.310. The van der Waals surface area contributed by atoms with Crippen LogP contribution in [-0.2, 0) is 19.9 Å². The molecule has 0 spiro atoms. The van der Waals surface area contributed by atoms with Crippen LogP contribution in [0, 0.1) is 0 Å². The number of carbonyl (C=O) groups is 2. The molecule has 38 heavy (non-hydrogen) atoms. The fraction of sp³-hybridized carbons (Fsp3) is 0.258. The van der Waals surface area contributed by atoms with Crippen LogP contribution in [0.1, 0.15) is 44.7 Å². The molecular formula is C31H32N4O3. The molecule has 2 aromatic heterocycles. The lowest BCUT2D eigenvalue weighted by Crippen LogP contribution is -2.35. The second kappa shape index (κ2) is 11.4. The van der Waals surface area contributed by atoms with Crippen LogP contribution >= 0.6 is 0 Å². The summed E-state index contributed by atoms with van der Waals surface area (Å²) in [6.45, 7) is 1.67. The SMILES string of the molecule is Cn1ccc(C(=O)Cc2ccc(Nc3ccc(CC(=O)c4ccc(N5CCC(O)CC5)cc4)cc3)nc2)c1. The van der Waals surface area contributed by atoms with Crippen molar-refractivity contribution in [3.8, 4) is 0 Å². The number of aryl methyl sites for hydroxylation is 1. The number of pyridine rings is 1. The lowest BCUT2D eigenvalue weighted by Gasteiger charge is -2.31. The summed E-state index contributed by atoms with van der Waals surface area (Å²) in [4.78, 5) is 31.9. The van der Waals surface area contributed by atoms with E-state index in [9.17, 15) is 14.7 Å². The minimum absolute atomic E-state index is 0.0666. The van der Waals surface area contributed by atoms with E-state index < -0.39 is 0 Å². The molecule has 0 aliphatic carbocycles. The van der Waals surface area contributed by atoms with Crippen molar-refractivity contribution >= 4 is 28.8 Å². The number of benzene rings is 2. The van der Waals surface area contributed by atoms with Crippen molar-refractivity contribution < 1.29 is 14.7 Å². The zero-order chi connectivity index (χ0) is 26.5. The van der Waals surface area contributed by atoms with Gasteiger partial charge in [-0.05, 0) is 72.5 Å². The van der Waals surface area contributed by atoms with E-state index >= 15 is 0 Å². The molecule has 0 radical (unpaired) electrons. The number of anilines is 3. The van der Waals surface area contributed by atoms with E-state index in [0.29, 0.717) is 29.8 Å². The van der Waals surface area contributed by atoms with Gasteiger partial charge in [-0.15, -0.1) is 0 Å². The van der Waals surface area contributed by atoms with Gasteiger partial charge in [-0.1, -0.05) is 18.2 Å². The maximum Gasteiger partial charge on any atom is 0.168 e. The zero-order valence-electron chi connectivity index (χ0n) is 21.5. The van der Waals surface area contributed by atoms with Gasteiger partial charge in [0.25, 0.3) is 0 Å². The Bertz CT molecular complexity index is 1380. The summed E-state index contributed by atoms with van der Waals surface area (Å²) < 4.78 is 1.86. The van der Waals surface area contributed by atoms with Crippen LogP contribution in [0.15, 0.2) is 85.3 Å². The number of nitrogens with zero attached hydrogens (tertiary/aromatic N) is 3. The highest BCUT2D eigenvalue weighted by atomic mass is 16.3. The summed E-state index contributed by atoms with van der Waals surface area (Å²) in [5.74, 6) is 0.832. The number of nitrogens with one attached hydrogen (secondary N) is 1. The third-order valence-corrected chi connectivity index (χ3v) is 6.95. The third-order valence-electron chi connectivity index (χ3n) is 6.95. The topological polar surface area (TPSA) is 87.5 Å². The summed E-state index contributed by atoms with van der Waals surface area (Å²) in [6.07, 6.45) is 7.40. The molecule has 0 bridgehead atoms. The first-order valence-corrected chi connectivity index (χ1v) is 13.0. The molecule has 1 aliphatic rings. The number of aliphatic hydroxyl groups is 1. The molecule has 1 fully saturated rings. The highest BCUT2D eigenvalue weighted by Gasteiger charge is 2.17. The van der Waals surface area contributed by atoms with Crippen LogP contribution in [0.25, 0.3) is 0 Å². The van der Waals surface area contributed by atoms with E-state index in [1.807, 2.05) is 90.7 Å². The molecule has 0 unspecified atom stereocenters. The molecular weight excluding hydrogens is 476 g/mol. The van der Waals surface area contributed by atoms with Crippen molar-refractivity contribution in [3.63, 3.8) is 0 Å². The van der Waals surface area contributed by atoms with Gasteiger partial charge in [0.15, 0.2) is 11.6 Å². The highest BCUT2D eigenvalue weighted by Crippen LogP contribution is 2.22. The smallest absolute Gasteiger partial charge is 0.168 e. The summed E-state index contributed by atoms with van der Waals surface area (Å²) >= 11 is 0. The maximum atomic E-state index is 12.8. The molecule has 2 N–H and O–H groups in total. The van der Waals surface area contributed by atoms with Crippen molar-refractivity contribution in [2.75, 3.05) is 23.3 Å². The molecule has 5 rings (SSSR count). The number of aliphatic hydroxyl groups excluding tert-OH is 1. The molecule has 4 aromatic rings. The van der Waals surface area contributed by atoms with Gasteiger partial charge in [-0.3, -0.25) is 9.59 Å². The van der Waals surface area contributed by atoms with Crippen LogP contribution in [0.5, 0.6) is 0 Å². The number of carbonyl (C=O) groups excluding carboxylic acids is 2. The van der Waals surface area contributed by atoms with Crippen LogP contribution in [0.3, 0.4) is 0 Å². The van der Waals surface area contributed by atoms with E-state index in [-0.39, 0.29) is 17.7 Å². The van der Waals surface area contributed by atoms with Gasteiger partial charge in [-0.2, -0.15) is 0 Å². The summed E-state index contributed by atoms with van der Waals surface area (Å²) in [7, 11) is 1.89. The van der Waals surface area contributed by atoms with Gasteiger partial charge in [-0.25, -0.2) is 4.98 Å². The first-order valence-electron chi connectivity index (χ1n) is 13.0. The van der Waals surface area contributed by atoms with E-state index in [2.05, 4.69) is 15.2 Å². The molecule has 1 saturated heterocycles. The number of aromatic nitrogens is 2. The Morgan fingerprint density at radius 2 is 1.53 bits per heavy atom. The molecule has 0 atom stereocenters. The molecule has 1 aliphatic heterocycles. The standard InChI is InChI=1S/C31H32N4O3/c1-34-15-12-25(21-34)30(38)19-23-4-11-31(32-20-23)33-26-7-2-22(3-8-26)18-29(37)24-5-9-27(10-6-24)35-16-13-28(36)14-17-35/h2-12,15,20-21,28,36H,13-14,16-19H2,1H3,(H,32,33). The minimum Gasteiger partial charge on any atom is -0.393 e. The zero-order valence-corrected chi connectivity index (χ0v) is 21.5. The monoisotopic (exact) mass is 508 g/mol. The predicted molar refractivity (Wildman–Crippen MR) is 149 cm³/mol. The van der Waals surface area contributed by atoms with Crippen molar-refractivity contribution in [1.29, 1.82) is 0 Å². The summed E-state index contributed by atoms with van der Waals surface area (Å²) in [5.41, 5.74) is 5.16. The largest absolute Gasteiger partial charge is 0.393 e. The van der Waals surface area contributed by atoms with E-state index in [1.165, 1.54) is 0 Å². The normalized spacial score (nSPS) is 13.9. The van der Waals surface area contributed by atoms with Gasteiger partial charge >= 0.3 is 0 Å². The fourth-order valence-electron chi connectivity index (χ4n) is 4.68. The van der Waals surface area contributed by atoms with Crippen molar-refractivity contribution in [3.05, 3.63) is 108 Å². The van der Waals surface area contributed by atoms with Crippen LogP contribution in [0.4, 0.5) is 17.2 Å². The van der Waals surface area contributed by atoms with Crippen LogP contribution in [0.2, 0.25) is 0 Å². The van der Waals surface area contributed by atoms with Crippen LogP contribution < -0.4 is 10.2 Å². The molecule has 0 saturated carbocycles. The maximum absolute atomic E-state index is 12.8. The Hall–Kier alpha value is -4.23. The molecule has 3 heterocycles. The van der Waals surface area contributed by atoms with Crippen molar-refractivity contribution in [2.45, 2.75) is 31.8 Å². The number of Topliss-reactive ketones (excluding diaryl/α,β-unsaturated/α-hetero) is 2. The van der Waals surface area contributed by atoms with Gasteiger partial charge < -0.3 is 19.9 Å². The Morgan fingerprint density at radius 1 is 0.868 bits per heavy atom. The van der Waals surface area contributed by atoms with Gasteiger partial charge in [0.2, 0.25) is 0 Å². The summed E-state index contributed by atoms with van der Waals surface area (Å²) in [5, 5.41) is 13.0. The molecule has 7 nitrogen and oxygen atoms in total. The van der Waals surface area contributed by atoms with Crippen molar-refractivity contribution in [2.24, 2.45) is 7.05 Å². The Balaban J connectivity index is 1.13. The molecule has 0 amide bonds. The molecule has 2 aromatic carbocycles. The van der Waals surface area contributed by atoms with Gasteiger partial charge in [0.1, 0.15) is 5.82 Å². The second-order valence-corrected chi connectivity index (χ2v) is 9.90. The summed E-state index contributed by atoms with van der Waals surface area (Å²) in [6, 6.07) is 21.1. The first kappa shape index (κ1) is 25.4. The van der Waals surface area contributed by atoms with Gasteiger partial charge in [0, 0.05) is 74.1 Å². The average Bonchev–Trinajstić information content (AvgIpc) is 3.38. The molecule has 7 heteroatoms. The number of ketones is 2. The number of rotatable bonds is 9. The fourth-order valence-corrected chi connectivity index (χ4v) is 4.68. The predicted octanol–water partition coefficient (Wildman–Crippen LogP) is 4.98. The van der Waals surface area contributed by atoms with Gasteiger partial charge in [0.05, 0.1) is 6.10 Å². The van der Waals surface area contributed by atoms with Crippen molar-refractivity contribution in [1.82, 2.24) is 9.55 Å². The molecule has 194 valence electrons. The Kier molecular flexibility index (Phi) is 7.65. The lowest BCUT2D eigenvalue weighted by atomic mass is 10.0. The van der Waals surface area contributed by atoms with E-state index in [0.717, 1.165) is 48.4 Å². The van der Waals surface area contributed by atoms with E-state index in [4.69, 9.17) is 0 Å². The number of hydrogen-bond donors (Lipinski definition) is 2.